The van der Waals surface area contributed by atoms with Crippen LogP contribution >= 0.6 is 0 Å². The Morgan fingerprint density at radius 3 is 2.24 bits per heavy atom. The van der Waals surface area contributed by atoms with E-state index in [0.717, 1.165) is 0 Å². The Kier molecular flexibility index (Phi) is 4.72. The number of rotatable bonds is 3. The molecule has 0 unspecified atom stereocenters. The van der Waals surface area contributed by atoms with Crippen molar-refractivity contribution in [2.24, 2.45) is 0 Å². The SMILES string of the molecule is CC1(C)OB(c2ccc3cc(C(=O)Nc4ccccc4)ccc3c2F)OC1(C)C. The smallest absolute Gasteiger partial charge is 0.399 e. The van der Waals surface area contributed by atoms with Gasteiger partial charge in [0.15, 0.2) is 0 Å². The van der Waals surface area contributed by atoms with Crippen molar-refractivity contribution in [3.63, 3.8) is 0 Å². The Balaban J connectivity index is 1.63. The summed E-state index contributed by atoms with van der Waals surface area (Å²) < 4.78 is 27.2. The Hall–Kier alpha value is -2.70. The van der Waals surface area contributed by atoms with Crippen LogP contribution in [-0.2, 0) is 9.31 Å². The predicted octanol–water partition coefficient (Wildman–Crippen LogP) is 4.53. The summed E-state index contributed by atoms with van der Waals surface area (Å²) >= 11 is 0. The molecular weight excluding hydrogens is 368 g/mol. The average molecular weight is 391 g/mol. The van der Waals surface area contributed by atoms with E-state index in [0.29, 0.717) is 27.5 Å². The monoisotopic (exact) mass is 391 g/mol. The second kappa shape index (κ2) is 6.97. The molecule has 1 aliphatic rings. The summed E-state index contributed by atoms with van der Waals surface area (Å²) in [6.07, 6.45) is 0. The van der Waals surface area contributed by atoms with Gasteiger partial charge in [0.2, 0.25) is 0 Å². The van der Waals surface area contributed by atoms with Gasteiger partial charge in [0.05, 0.1) is 11.2 Å². The fraction of sp³-hybridized carbons (Fsp3) is 0.261. The maximum Gasteiger partial charge on any atom is 0.497 e. The molecule has 3 aromatic carbocycles. The first-order valence-electron chi connectivity index (χ1n) is 9.62. The van der Waals surface area contributed by atoms with Crippen molar-refractivity contribution in [2.45, 2.75) is 38.9 Å². The molecule has 1 aliphatic heterocycles. The van der Waals surface area contributed by atoms with Crippen molar-refractivity contribution < 1.29 is 18.5 Å². The van der Waals surface area contributed by atoms with Gasteiger partial charge in [-0.15, -0.1) is 0 Å². The molecule has 0 saturated carbocycles. The normalized spacial score (nSPS) is 17.5. The number of para-hydroxylation sites is 1. The second-order valence-electron chi connectivity index (χ2n) is 8.31. The van der Waals surface area contributed by atoms with E-state index in [4.69, 9.17) is 9.31 Å². The van der Waals surface area contributed by atoms with Crippen molar-refractivity contribution in [2.75, 3.05) is 5.32 Å². The summed E-state index contributed by atoms with van der Waals surface area (Å²) in [7, 11) is -0.773. The highest BCUT2D eigenvalue weighted by Crippen LogP contribution is 2.37. The van der Waals surface area contributed by atoms with Crippen LogP contribution in [-0.4, -0.2) is 24.2 Å². The van der Waals surface area contributed by atoms with Gasteiger partial charge in [-0.2, -0.15) is 0 Å². The molecule has 29 heavy (non-hydrogen) atoms. The molecule has 0 aliphatic carbocycles. The van der Waals surface area contributed by atoms with Gasteiger partial charge in [-0.3, -0.25) is 4.79 Å². The standard InChI is InChI=1S/C23H23BFNO3/c1-22(2)23(3,4)29-24(28-22)19-13-11-15-14-16(10-12-18(15)20(19)25)21(27)26-17-8-6-5-7-9-17/h5-14H,1-4H3,(H,26,27). The van der Waals surface area contributed by atoms with Crippen LogP contribution < -0.4 is 10.8 Å². The molecule has 1 saturated heterocycles. The van der Waals surface area contributed by atoms with E-state index in [1.54, 1.807) is 30.3 Å². The quantitative estimate of drug-likeness (QED) is 0.668. The van der Waals surface area contributed by atoms with Gasteiger partial charge in [0, 0.05) is 22.1 Å². The molecule has 0 bridgehead atoms. The Labute approximate surface area is 170 Å². The number of halogens is 1. The van der Waals surface area contributed by atoms with Crippen molar-refractivity contribution in [1.29, 1.82) is 0 Å². The third-order valence-corrected chi connectivity index (χ3v) is 5.78. The third kappa shape index (κ3) is 3.54. The summed E-state index contributed by atoms with van der Waals surface area (Å²) in [6, 6.07) is 17.6. The number of hydrogen-bond acceptors (Lipinski definition) is 3. The molecule has 0 atom stereocenters. The molecule has 1 amide bonds. The lowest BCUT2D eigenvalue weighted by Gasteiger charge is -2.32. The predicted molar refractivity (Wildman–Crippen MR) is 114 cm³/mol. The zero-order chi connectivity index (χ0) is 20.8. The van der Waals surface area contributed by atoms with Crippen LogP contribution in [0.15, 0.2) is 60.7 Å². The van der Waals surface area contributed by atoms with Crippen molar-refractivity contribution in [3.05, 3.63) is 72.0 Å². The second-order valence-corrected chi connectivity index (χ2v) is 8.31. The number of anilines is 1. The van der Waals surface area contributed by atoms with Crippen LogP contribution in [0.5, 0.6) is 0 Å². The van der Waals surface area contributed by atoms with Gasteiger partial charge in [-0.1, -0.05) is 36.4 Å². The van der Waals surface area contributed by atoms with E-state index in [-0.39, 0.29) is 5.91 Å². The maximum atomic E-state index is 15.2. The minimum absolute atomic E-state index is 0.242. The molecule has 0 radical (unpaired) electrons. The van der Waals surface area contributed by atoms with Gasteiger partial charge in [0.1, 0.15) is 5.82 Å². The first-order valence-corrected chi connectivity index (χ1v) is 9.62. The summed E-state index contributed by atoms with van der Waals surface area (Å²) in [5, 5.41) is 3.91. The summed E-state index contributed by atoms with van der Waals surface area (Å²) in [5.74, 6) is -0.635. The molecule has 4 nitrogen and oxygen atoms in total. The Bertz CT molecular complexity index is 1070. The molecule has 1 fully saturated rings. The van der Waals surface area contributed by atoms with E-state index < -0.39 is 24.1 Å². The Morgan fingerprint density at radius 2 is 1.59 bits per heavy atom. The zero-order valence-electron chi connectivity index (χ0n) is 17.0. The average Bonchev–Trinajstić information content (AvgIpc) is 2.89. The lowest BCUT2D eigenvalue weighted by molar-refractivity contribution is 0.00578. The van der Waals surface area contributed by atoms with E-state index in [1.807, 2.05) is 58.0 Å². The number of hydrogen-bond donors (Lipinski definition) is 1. The summed E-state index contributed by atoms with van der Waals surface area (Å²) in [5.41, 5.74) is 0.443. The van der Waals surface area contributed by atoms with Crippen LogP contribution in [0, 0.1) is 5.82 Å². The number of benzene rings is 3. The summed E-state index contributed by atoms with van der Waals surface area (Å²) in [4.78, 5) is 12.5. The molecule has 1 N–H and O–H groups in total. The van der Waals surface area contributed by atoms with Crippen molar-refractivity contribution >= 4 is 34.9 Å². The lowest BCUT2D eigenvalue weighted by atomic mass is 9.77. The van der Waals surface area contributed by atoms with Crippen LogP contribution in [0.1, 0.15) is 38.1 Å². The molecular formula is C23H23BFNO3. The fourth-order valence-corrected chi connectivity index (χ4v) is 3.33. The highest BCUT2D eigenvalue weighted by atomic mass is 19.1. The topological polar surface area (TPSA) is 47.6 Å². The van der Waals surface area contributed by atoms with Gasteiger partial charge < -0.3 is 14.6 Å². The lowest BCUT2D eigenvalue weighted by Crippen LogP contribution is -2.41. The minimum atomic E-state index is -0.773. The molecule has 6 heteroatoms. The number of carbonyl (C=O) groups is 1. The summed E-state index contributed by atoms with van der Waals surface area (Å²) in [6.45, 7) is 7.74. The number of nitrogens with one attached hydrogen (secondary N) is 1. The number of carbonyl (C=O) groups excluding carboxylic acids is 1. The van der Waals surface area contributed by atoms with E-state index in [9.17, 15) is 4.79 Å². The van der Waals surface area contributed by atoms with Crippen LogP contribution in [0.3, 0.4) is 0 Å². The zero-order valence-corrected chi connectivity index (χ0v) is 17.0. The van der Waals surface area contributed by atoms with Crippen LogP contribution in [0.2, 0.25) is 0 Å². The largest absolute Gasteiger partial charge is 0.497 e. The molecule has 148 valence electrons. The van der Waals surface area contributed by atoms with Gasteiger partial charge in [-0.05, 0) is 57.3 Å². The molecule has 4 rings (SSSR count). The van der Waals surface area contributed by atoms with Gasteiger partial charge in [0.25, 0.3) is 5.91 Å². The third-order valence-electron chi connectivity index (χ3n) is 5.78. The molecule has 1 heterocycles. The first kappa shape index (κ1) is 19.6. The minimum Gasteiger partial charge on any atom is -0.399 e. The number of fused-ring (bicyclic) bond motifs is 1. The first-order chi connectivity index (χ1) is 13.7. The van der Waals surface area contributed by atoms with Gasteiger partial charge in [-0.25, -0.2) is 4.39 Å². The van der Waals surface area contributed by atoms with Crippen molar-refractivity contribution in [1.82, 2.24) is 0 Å². The van der Waals surface area contributed by atoms with E-state index in [2.05, 4.69) is 5.32 Å². The highest BCUT2D eigenvalue weighted by molar-refractivity contribution is 6.62. The van der Waals surface area contributed by atoms with Crippen LogP contribution in [0.4, 0.5) is 10.1 Å². The van der Waals surface area contributed by atoms with E-state index in [1.165, 1.54) is 0 Å². The Morgan fingerprint density at radius 1 is 0.931 bits per heavy atom. The van der Waals surface area contributed by atoms with Crippen LogP contribution in [0.25, 0.3) is 10.8 Å². The van der Waals surface area contributed by atoms with Crippen molar-refractivity contribution in [3.8, 4) is 0 Å². The highest BCUT2D eigenvalue weighted by Gasteiger charge is 2.52. The molecule has 3 aromatic rings. The maximum absolute atomic E-state index is 15.2. The molecule has 0 spiro atoms. The molecule has 0 aromatic heterocycles. The number of amides is 1. The van der Waals surface area contributed by atoms with Gasteiger partial charge >= 0.3 is 7.12 Å². The fourth-order valence-electron chi connectivity index (χ4n) is 3.33. The van der Waals surface area contributed by atoms with E-state index >= 15 is 4.39 Å².